The molecule has 0 aliphatic rings. The van der Waals surface area contributed by atoms with Crippen LogP contribution in [0.25, 0.3) is 31.7 Å². The number of nitrogens with zero attached hydrogens (tertiary/aromatic N) is 3. The van der Waals surface area contributed by atoms with Gasteiger partial charge in [-0.25, -0.2) is 9.97 Å². The molecule has 3 heterocycles. The molecule has 0 spiro atoms. The molecule has 0 aliphatic carbocycles. The number of rotatable bonds is 5. The van der Waals surface area contributed by atoms with Crippen LogP contribution in [0.4, 0.5) is 5.82 Å². The number of imidazole rings is 1. The van der Waals surface area contributed by atoms with Crippen molar-refractivity contribution in [1.29, 1.82) is 0 Å². The van der Waals surface area contributed by atoms with Crippen LogP contribution in [0.2, 0.25) is 0 Å². The summed E-state index contributed by atoms with van der Waals surface area (Å²) in [4.78, 5) is 22.1. The predicted molar refractivity (Wildman–Crippen MR) is 114 cm³/mol. The summed E-state index contributed by atoms with van der Waals surface area (Å²) in [7, 11) is 3.85. The summed E-state index contributed by atoms with van der Waals surface area (Å²) in [6, 6.07) is 9.74. The van der Waals surface area contributed by atoms with Crippen LogP contribution in [0, 0.1) is 0 Å². The molecule has 8 heteroatoms. The maximum absolute atomic E-state index is 11.7. The first kappa shape index (κ1) is 18.4. The maximum Gasteiger partial charge on any atom is 0.236 e. The van der Waals surface area contributed by atoms with Crippen molar-refractivity contribution in [2.75, 3.05) is 12.4 Å². The number of carbonyl (C=O) groups excluding carboxylic acids is 1. The van der Waals surface area contributed by atoms with Crippen LogP contribution in [0.1, 0.15) is 12.5 Å². The molecule has 7 nitrogen and oxygen atoms in total. The van der Waals surface area contributed by atoms with Crippen LogP contribution in [-0.2, 0) is 18.4 Å². The van der Waals surface area contributed by atoms with Crippen LogP contribution < -0.4 is 16.4 Å². The van der Waals surface area contributed by atoms with Gasteiger partial charge in [0.05, 0.1) is 28.1 Å². The lowest BCUT2D eigenvalue weighted by Crippen LogP contribution is -2.37. The Labute approximate surface area is 166 Å². The number of aryl methyl sites for hydroxylation is 1. The van der Waals surface area contributed by atoms with Gasteiger partial charge in [-0.1, -0.05) is 18.2 Å². The van der Waals surface area contributed by atoms with Gasteiger partial charge in [-0.15, -0.1) is 11.3 Å². The lowest BCUT2D eigenvalue weighted by molar-refractivity contribution is -0.122. The van der Waals surface area contributed by atoms with Gasteiger partial charge in [-0.05, 0) is 30.2 Å². The van der Waals surface area contributed by atoms with Gasteiger partial charge in [-0.2, -0.15) is 0 Å². The summed E-state index contributed by atoms with van der Waals surface area (Å²) in [5.74, 6) is 0.620. The van der Waals surface area contributed by atoms with E-state index < -0.39 is 6.04 Å². The van der Waals surface area contributed by atoms with E-state index in [1.165, 1.54) is 0 Å². The van der Waals surface area contributed by atoms with Crippen LogP contribution >= 0.6 is 11.3 Å². The van der Waals surface area contributed by atoms with Crippen LogP contribution in [0.5, 0.6) is 0 Å². The lowest BCUT2D eigenvalue weighted by Gasteiger charge is -2.08. The van der Waals surface area contributed by atoms with Gasteiger partial charge in [0.2, 0.25) is 5.91 Å². The summed E-state index contributed by atoms with van der Waals surface area (Å²) in [5, 5.41) is 5.99. The number of thiophene rings is 1. The summed E-state index contributed by atoms with van der Waals surface area (Å²) in [6.45, 7) is 2.13. The van der Waals surface area contributed by atoms with Crippen molar-refractivity contribution in [2.45, 2.75) is 19.5 Å². The van der Waals surface area contributed by atoms with Gasteiger partial charge < -0.3 is 20.9 Å². The van der Waals surface area contributed by atoms with E-state index in [0.29, 0.717) is 6.54 Å². The van der Waals surface area contributed by atoms with E-state index in [2.05, 4.69) is 33.8 Å². The van der Waals surface area contributed by atoms with Crippen molar-refractivity contribution < 1.29 is 4.79 Å². The number of pyridine rings is 1. The monoisotopic (exact) mass is 394 g/mol. The predicted octanol–water partition coefficient (Wildman–Crippen LogP) is 2.86. The Morgan fingerprint density at radius 1 is 1.36 bits per heavy atom. The highest BCUT2D eigenvalue weighted by Crippen LogP contribution is 2.38. The zero-order valence-electron chi connectivity index (χ0n) is 16.0. The van der Waals surface area contributed by atoms with Crippen LogP contribution in [0.15, 0.2) is 36.7 Å². The minimum atomic E-state index is -0.514. The van der Waals surface area contributed by atoms with Gasteiger partial charge in [0.1, 0.15) is 5.52 Å². The zero-order chi connectivity index (χ0) is 19.8. The normalized spacial score (nSPS) is 12.4. The summed E-state index contributed by atoms with van der Waals surface area (Å²) < 4.78 is 3.14. The Bertz CT molecular complexity index is 1180. The van der Waals surface area contributed by atoms with Gasteiger partial charge in [0.25, 0.3) is 0 Å². The third kappa shape index (κ3) is 3.21. The standard InChI is InChI=1S/C20H22N6OS/c1-11(21)20(27)23-9-12-5-4-6-13(7-12)15-8-14-18(28-15)17-16(19(22-2)25-14)24-10-26(17)3/h4-8,10-11H,9,21H2,1-3H3,(H,22,25)(H,23,27)/t11-/m0/s1. The smallest absolute Gasteiger partial charge is 0.236 e. The van der Waals surface area contributed by atoms with E-state index in [4.69, 9.17) is 10.7 Å². The van der Waals surface area contributed by atoms with Crippen molar-refractivity contribution in [2.24, 2.45) is 12.8 Å². The molecule has 0 saturated carbocycles. The van der Waals surface area contributed by atoms with E-state index >= 15 is 0 Å². The fraction of sp³-hybridized carbons (Fsp3) is 0.250. The number of nitrogens with one attached hydrogen (secondary N) is 2. The Balaban J connectivity index is 1.74. The van der Waals surface area contributed by atoms with E-state index in [-0.39, 0.29) is 5.91 Å². The third-order valence-corrected chi connectivity index (χ3v) is 5.83. The summed E-state index contributed by atoms with van der Waals surface area (Å²) >= 11 is 1.70. The van der Waals surface area contributed by atoms with E-state index in [9.17, 15) is 4.79 Å². The molecule has 4 N–H and O–H groups in total. The zero-order valence-corrected chi connectivity index (χ0v) is 16.8. The van der Waals surface area contributed by atoms with E-state index in [1.807, 2.05) is 37.1 Å². The number of hydrogen-bond acceptors (Lipinski definition) is 6. The molecular weight excluding hydrogens is 372 g/mol. The molecule has 0 radical (unpaired) electrons. The first-order valence-corrected chi connectivity index (χ1v) is 9.84. The van der Waals surface area contributed by atoms with Crippen molar-refractivity contribution >= 4 is 44.3 Å². The fourth-order valence-electron chi connectivity index (χ4n) is 3.18. The number of aromatic nitrogens is 3. The molecule has 0 fully saturated rings. The van der Waals surface area contributed by atoms with E-state index in [0.717, 1.165) is 43.1 Å². The second kappa shape index (κ2) is 7.21. The summed E-state index contributed by atoms with van der Waals surface area (Å²) in [6.07, 6.45) is 1.81. The first-order valence-electron chi connectivity index (χ1n) is 9.03. The molecule has 0 saturated heterocycles. The molecule has 0 aliphatic heterocycles. The molecule has 0 unspecified atom stereocenters. The third-order valence-electron chi connectivity index (χ3n) is 4.65. The highest BCUT2D eigenvalue weighted by Gasteiger charge is 2.16. The number of carbonyl (C=O) groups is 1. The number of fused-ring (bicyclic) bond motifs is 3. The molecule has 1 atom stereocenters. The topological polar surface area (TPSA) is 97.9 Å². The molecule has 144 valence electrons. The van der Waals surface area contributed by atoms with Crippen molar-refractivity contribution in [3.05, 3.63) is 42.2 Å². The molecular formula is C20H22N6OS. The van der Waals surface area contributed by atoms with E-state index in [1.54, 1.807) is 18.3 Å². The number of hydrogen-bond donors (Lipinski definition) is 3. The summed E-state index contributed by atoms with van der Waals surface area (Å²) in [5.41, 5.74) is 10.6. The second-order valence-electron chi connectivity index (χ2n) is 6.79. The van der Waals surface area contributed by atoms with Crippen LogP contribution in [0.3, 0.4) is 0 Å². The molecule has 0 bridgehead atoms. The average molecular weight is 395 g/mol. The molecule has 28 heavy (non-hydrogen) atoms. The van der Waals surface area contributed by atoms with Gasteiger partial charge in [-0.3, -0.25) is 4.79 Å². The highest BCUT2D eigenvalue weighted by molar-refractivity contribution is 7.23. The first-order chi connectivity index (χ1) is 13.5. The molecule has 4 aromatic rings. The number of anilines is 1. The minimum Gasteiger partial charge on any atom is -0.371 e. The van der Waals surface area contributed by atoms with Crippen LogP contribution in [-0.4, -0.2) is 33.5 Å². The number of nitrogens with two attached hydrogens (primary N) is 1. The van der Waals surface area contributed by atoms with Crippen molar-refractivity contribution in [3.8, 4) is 10.4 Å². The molecule has 1 aromatic carbocycles. The number of benzene rings is 1. The number of amides is 1. The van der Waals surface area contributed by atoms with Gasteiger partial charge in [0.15, 0.2) is 5.82 Å². The Kier molecular flexibility index (Phi) is 4.74. The van der Waals surface area contributed by atoms with Gasteiger partial charge >= 0.3 is 0 Å². The Hall–Kier alpha value is -2.97. The second-order valence-corrected chi connectivity index (χ2v) is 7.85. The SMILES string of the molecule is CNc1nc2cc(-c3cccc(CNC(=O)[C@H](C)N)c3)sc2c2c1ncn2C. The molecule has 3 aromatic heterocycles. The lowest BCUT2D eigenvalue weighted by atomic mass is 10.1. The molecule has 4 rings (SSSR count). The van der Waals surface area contributed by atoms with Gasteiger partial charge in [0, 0.05) is 25.5 Å². The average Bonchev–Trinajstić information content (AvgIpc) is 3.29. The largest absolute Gasteiger partial charge is 0.371 e. The quantitative estimate of drug-likeness (QED) is 0.484. The van der Waals surface area contributed by atoms with Crippen molar-refractivity contribution in [3.63, 3.8) is 0 Å². The maximum atomic E-state index is 11.7. The van der Waals surface area contributed by atoms with Crippen molar-refractivity contribution in [1.82, 2.24) is 19.9 Å². The fourth-order valence-corrected chi connectivity index (χ4v) is 4.36. The molecule has 1 amide bonds. The highest BCUT2D eigenvalue weighted by atomic mass is 32.1. The minimum absolute atomic E-state index is 0.158. The Morgan fingerprint density at radius 3 is 2.93 bits per heavy atom. The Morgan fingerprint density at radius 2 is 2.18 bits per heavy atom.